The molecule has 53 heavy (non-hydrogen) atoms. The van der Waals surface area contributed by atoms with E-state index in [0.29, 0.717) is 0 Å². The van der Waals surface area contributed by atoms with Crippen molar-refractivity contribution in [1.29, 1.82) is 0 Å². The molecule has 0 atom stereocenters. The Labute approximate surface area is 318 Å². The molecule has 2 heterocycles. The molecule has 0 bridgehead atoms. The molecule has 3 nitrogen and oxygen atoms in total. The van der Waals surface area contributed by atoms with Crippen molar-refractivity contribution in [3.8, 4) is 22.5 Å². The Balaban J connectivity index is 0.00000266. The Hall–Kier alpha value is -5.54. The minimum Gasteiger partial charge on any atom is -0.404 e. The summed E-state index contributed by atoms with van der Waals surface area (Å²) in [6, 6.07) is 42.7. The van der Waals surface area contributed by atoms with E-state index < -0.39 is 0 Å². The second-order valence-electron chi connectivity index (χ2n) is 13.8. The molecule has 0 aliphatic carbocycles. The van der Waals surface area contributed by atoms with Gasteiger partial charge in [0.2, 0.25) is 0 Å². The van der Waals surface area contributed by atoms with Crippen LogP contribution >= 0.6 is 0 Å². The minimum absolute atomic E-state index is 0.911. The Bertz CT molecular complexity index is 1940. The Morgan fingerprint density at radius 1 is 0.491 bits per heavy atom. The fourth-order valence-corrected chi connectivity index (χ4v) is 6.38. The van der Waals surface area contributed by atoms with E-state index in [4.69, 9.17) is 5.73 Å². The number of hydrogen-bond donors (Lipinski definition) is 1. The number of benzene rings is 4. The highest BCUT2D eigenvalue weighted by atomic mass is 14.7. The molecule has 2 aromatic heterocycles. The summed E-state index contributed by atoms with van der Waals surface area (Å²) in [6.07, 6.45) is 16.8. The van der Waals surface area contributed by atoms with Gasteiger partial charge >= 0.3 is 0 Å². The second-order valence-corrected chi connectivity index (χ2v) is 13.8. The summed E-state index contributed by atoms with van der Waals surface area (Å²) < 4.78 is 0. The van der Waals surface area contributed by atoms with E-state index in [2.05, 4.69) is 151 Å². The van der Waals surface area contributed by atoms with Gasteiger partial charge in [-0.05, 0) is 140 Å². The van der Waals surface area contributed by atoms with Gasteiger partial charge in [0.15, 0.2) is 0 Å². The smallest absolute Gasteiger partial charge is 0.0702 e. The van der Waals surface area contributed by atoms with E-state index in [1.807, 2.05) is 33.2 Å². The first kappa shape index (κ1) is 38.7. The van der Waals surface area contributed by atoms with Crippen LogP contribution < -0.4 is 5.73 Å². The third-order valence-electron chi connectivity index (χ3n) is 9.56. The molecule has 0 aliphatic heterocycles. The van der Waals surface area contributed by atoms with Crippen LogP contribution in [0, 0.1) is 13.8 Å². The largest absolute Gasteiger partial charge is 0.404 e. The standard InChI is InChI=1S/C48H49N3.C2H6/c1-35(32-49)5-4-6-38-9-11-39(12-10-38)13-16-42-29-43(17-14-40-19-23-45(24-20-40)47-27-7-36(2)33-50-47)31-44(30-42)18-15-41-21-25-46(26-22-41)48-28-8-37(3)34-51-48;1-2/h4-5,7-12,19-34H,6,13-18,49H2,1-3H3;1-2H3/b5-4-,35-32-;. The van der Waals surface area contributed by atoms with Crippen molar-refractivity contribution in [2.45, 2.75) is 79.6 Å². The summed E-state index contributed by atoms with van der Waals surface area (Å²) in [5.74, 6) is 0. The molecule has 0 spiro atoms. The van der Waals surface area contributed by atoms with E-state index in [9.17, 15) is 0 Å². The van der Waals surface area contributed by atoms with E-state index in [0.717, 1.165) is 73.0 Å². The molecule has 270 valence electrons. The maximum absolute atomic E-state index is 5.59. The number of pyridine rings is 2. The Morgan fingerprint density at radius 2 is 0.849 bits per heavy atom. The third kappa shape index (κ3) is 12.0. The predicted octanol–water partition coefficient (Wildman–Crippen LogP) is 11.8. The number of allylic oxidation sites excluding steroid dienone is 3. The maximum atomic E-state index is 5.59. The topological polar surface area (TPSA) is 51.8 Å². The van der Waals surface area contributed by atoms with Crippen molar-refractivity contribution in [1.82, 2.24) is 9.97 Å². The summed E-state index contributed by atoms with van der Waals surface area (Å²) in [5, 5.41) is 0. The first-order valence-corrected chi connectivity index (χ1v) is 19.2. The lowest BCUT2D eigenvalue weighted by Gasteiger charge is -2.12. The van der Waals surface area contributed by atoms with Gasteiger partial charge in [-0.25, -0.2) is 0 Å². The summed E-state index contributed by atoms with van der Waals surface area (Å²) in [6.45, 7) is 10.2. The van der Waals surface area contributed by atoms with Gasteiger partial charge in [0.25, 0.3) is 0 Å². The van der Waals surface area contributed by atoms with E-state index in [1.165, 1.54) is 50.1 Å². The lowest BCUT2D eigenvalue weighted by molar-refractivity contribution is 0.903. The van der Waals surface area contributed by atoms with Gasteiger partial charge in [-0.2, -0.15) is 0 Å². The fraction of sp³-hybridized carbons (Fsp3) is 0.240. The average Bonchev–Trinajstić information content (AvgIpc) is 3.20. The average molecular weight is 698 g/mol. The summed E-state index contributed by atoms with van der Waals surface area (Å²) in [7, 11) is 0. The van der Waals surface area contributed by atoms with Crippen molar-refractivity contribution in [3.05, 3.63) is 202 Å². The van der Waals surface area contributed by atoms with Crippen LogP contribution in [0.4, 0.5) is 0 Å². The SMILES string of the molecule is CC.CC(/C=C\Cc1ccc(CCc2cc(CCc3ccc(-c4ccc(C)cn4)cc3)cc(CCc3ccc(-c4ccc(C)cn4)cc3)c2)cc1)=C/N. The predicted molar refractivity (Wildman–Crippen MR) is 226 cm³/mol. The summed E-state index contributed by atoms with van der Waals surface area (Å²) in [5.41, 5.74) is 23.0. The lowest BCUT2D eigenvalue weighted by atomic mass is 9.94. The van der Waals surface area contributed by atoms with Crippen molar-refractivity contribution in [2.75, 3.05) is 0 Å². The number of rotatable bonds is 14. The second kappa shape index (κ2) is 19.9. The van der Waals surface area contributed by atoms with Gasteiger partial charge in [0.1, 0.15) is 0 Å². The monoisotopic (exact) mass is 697 g/mol. The fourth-order valence-electron chi connectivity index (χ4n) is 6.38. The van der Waals surface area contributed by atoms with E-state index in [1.54, 1.807) is 6.20 Å². The first-order valence-electron chi connectivity index (χ1n) is 19.2. The molecule has 0 radical (unpaired) electrons. The molecule has 0 saturated carbocycles. The summed E-state index contributed by atoms with van der Waals surface area (Å²) >= 11 is 0. The lowest BCUT2D eigenvalue weighted by Crippen LogP contribution is -2.00. The van der Waals surface area contributed by atoms with Gasteiger partial charge in [-0.1, -0.05) is 129 Å². The van der Waals surface area contributed by atoms with Crippen LogP contribution in [-0.4, -0.2) is 9.97 Å². The van der Waals surface area contributed by atoms with E-state index in [-0.39, 0.29) is 0 Å². The Kier molecular flexibility index (Phi) is 14.5. The molecule has 4 aromatic carbocycles. The maximum Gasteiger partial charge on any atom is 0.0702 e. The third-order valence-corrected chi connectivity index (χ3v) is 9.56. The molecular formula is C50H55N3. The van der Waals surface area contributed by atoms with Crippen LogP contribution in [0.2, 0.25) is 0 Å². The highest BCUT2D eigenvalue weighted by Gasteiger charge is 2.07. The number of aromatic nitrogens is 2. The van der Waals surface area contributed by atoms with E-state index >= 15 is 0 Å². The molecule has 0 aliphatic rings. The highest BCUT2D eigenvalue weighted by Crippen LogP contribution is 2.22. The van der Waals surface area contributed by atoms with Crippen LogP contribution in [-0.2, 0) is 44.9 Å². The molecule has 6 aromatic rings. The Morgan fingerprint density at radius 3 is 1.21 bits per heavy atom. The molecule has 0 amide bonds. The quantitative estimate of drug-likeness (QED) is 0.115. The van der Waals surface area contributed by atoms with Crippen molar-refractivity contribution >= 4 is 0 Å². The number of hydrogen-bond acceptors (Lipinski definition) is 3. The molecule has 2 N–H and O–H groups in total. The normalized spacial score (nSPS) is 11.4. The van der Waals surface area contributed by atoms with Crippen LogP contribution in [0.3, 0.4) is 0 Å². The minimum atomic E-state index is 0.911. The number of nitrogens with two attached hydrogens (primary N) is 1. The zero-order valence-electron chi connectivity index (χ0n) is 32.3. The van der Waals surface area contributed by atoms with Crippen molar-refractivity contribution in [2.24, 2.45) is 5.73 Å². The molecule has 3 heteroatoms. The zero-order chi connectivity index (χ0) is 37.4. The van der Waals surface area contributed by atoms with Crippen LogP contribution in [0.25, 0.3) is 22.5 Å². The van der Waals surface area contributed by atoms with Crippen LogP contribution in [0.5, 0.6) is 0 Å². The molecule has 6 rings (SSSR count). The first-order chi connectivity index (χ1) is 25.9. The van der Waals surface area contributed by atoms with Gasteiger partial charge in [0, 0.05) is 23.5 Å². The van der Waals surface area contributed by atoms with Gasteiger partial charge < -0.3 is 5.73 Å². The number of nitrogens with zero attached hydrogens (tertiary/aromatic N) is 2. The highest BCUT2D eigenvalue weighted by molar-refractivity contribution is 5.60. The van der Waals surface area contributed by atoms with Crippen LogP contribution in [0.15, 0.2) is 152 Å². The van der Waals surface area contributed by atoms with Gasteiger partial charge in [-0.15, -0.1) is 0 Å². The van der Waals surface area contributed by atoms with Gasteiger partial charge in [-0.3, -0.25) is 9.97 Å². The van der Waals surface area contributed by atoms with Crippen molar-refractivity contribution in [3.63, 3.8) is 0 Å². The van der Waals surface area contributed by atoms with Crippen LogP contribution in [0.1, 0.15) is 70.8 Å². The molecule has 0 fully saturated rings. The molecule has 0 saturated heterocycles. The van der Waals surface area contributed by atoms with Gasteiger partial charge in [0.05, 0.1) is 11.4 Å². The number of aryl methyl sites for hydroxylation is 8. The molecular weight excluding hydrogens is 643 g/mol. The summed E-state index contributed by atoms with van der Waals surface area (Å²) in [4.78, 5) is 9.21. The zero-order valence-corrected chi connectivity index (χ0v) is 32.3. The molecule has 0 unspecified atom stereocenters. The van der Waals surface area contributed by atoms with Crippen molar-refractivity contribution < 1.29 is 0 Å².